The molecule has 0 amide bonds. The van der Waals surface area contributed by atoms with Crippen molar-refractivity contribution in [2.45, 2.75) is 25.2 Å². The largest absolute Gasteiger partial charge is 0.478 e. The molecule has 7 heteroatoms. The van der Waals surface area contributed by atoms with Crippen molar-refractivity contribution in [3.05, 3.63) is 23.0 Å². The maximum Gasteiger partial charge on any atom is 0.337 e. The predicted octanol–water partition coefficient (Wildman–Crippen LogP) is -1.22. The van der Waals surface area contributed by atoms with Gasteiger partial charge in [-0.2, -0.15) is 0 Å². The van der Waals surface area contributed by atoms with Crippen molar-refractivity contribution in [3.8, 4) is 0 Å². The summed E-state index contributed by atoms with van der Waals surface area (Å²) in [6.07, 6.45) is -3.41. The van der Waals surface area contributed by atoms with E-state index in [1.807, 2.05) is 0 Å². The highest BCUT2D eigenvalue weighted by atomic mass is 16.4. The molecule has 0 aliphatic heterocycles. The Bertz CT molecular complexity index is 441. The number of aliphatic hydroxyl groups is 4. The Hall–Kier alpha value is -1.41. The van der Waals surface area contributed by atoms with Crippen LogP contribution >= 0.6 is 0 Å². The minimum absolute atomic E-state index is 0.00231. The number of carboxylic acids is 1. The van der Waals surface area contributed by atoms with E-state index >= 15 is 0 Å². The third-order valence-corrected chi connectivity index (χ3v) is 2.95. The first-order chi connectivity index (χ1) is 8.31. The number of aromatic nitrogens is 1. The van der Waals surface area contributed by atoms with E-state index in [1.54, 1.807) is 14.0 Å². The Morgan fingerprint density at radius 2 is 1.94 bits per heavy atom. The first kappa shape index (κ1) is 14.7. The van der Waals surface area contributed by atoms with Gasteiger partial charge in [0.25, 0.3) is 0 Å². The molecular weight excluding hydrogens is 242 g/mol. The molecule has 0 fully saturated rings. The molecule has 0 aliphatic carbocycles. The van der Waals surface area contributed by atoms with Crippen LogP contribution in [0.2, 0.25) is 0 Å². The lowest BCUT2D eigenvalue weighted by molar-refractivity contribution is -0.0778. The number of nitrogens with zero attached hydrogens (tertiary/aromatic N) is 1. The molecule has 1 heterocycles. The number of aryl methyl sites for hydroxylation is 1. The number of carbonyl (C=O) groups is 1. The summed E-state index contributed by atoms with van der Waals surface area (Å²) < 4.78 is 1.50. The summed E-state index contributed by atoms with van der Waals surface area (Å²) in [5.41, 5.74) is 0.305. The van der Waals surface area contributed by atoms with Gasteiger partial charge in [-0.05, 0) is 6.92 Å². The number of carboxylic acid groups (broad SMARTS) is 1. The lowest BCUT2D eigenvalue weighted by atomic mass is 9.99. The molecule has 0 saturated heterocycles. The van der Waals surface area contributed by atoms with Gasteiger partial charge in [-0.1, -0.05) is 0 Å². The van der Waals surface area contributed by atoms with Gasteiger partial charge in [0, 0.05) is 24.5 Å². The quantitative estimate of drug-likeness (QED) is 0.451. The highest BCUT2D eigenvalue weighted by Crippen LogP contribution is 2.26. The Morgan fingerprint density at radius 1 is 1.39 bits per heavy atom. The van der Waals surface area contributed by atoms with Crippen LogP contribution in [0.1, 0.15) is 27.7 Å². The Labute approximate surface area is 104 Å². The fraction of sp³-hybridized carbons (Fsp3) is 0.545. The van der Waals surface area contributed by atoms with Gasteiger partial charge in [0.05, 0.1) is 12.2 Å². The lowest BCUT2D eigenvalue weighted by Crippen LogP contribution is -2.35. The molecule has 0 aliphatic rings. The molecule has 18 heavy (non-hydrogen) atoms. The molecule has 0 spiro atoms. The zero-order chi connectivity index (χ0) is 14.0. The van der Waals surface area contributed by atoms with E-state index < -0.39 is 30.9 Å². The molecule has 0 saturated carbocycles. The normalized spacial score (nSPS) is 16.3. The number of hydrogen-bond acceptors (Lipinski definition) is 5. The van der Waals surface area contributed by atoms with Gasteiger partial charge in [0.1, 0.15) is 18.3 Å². The van der Waals surface area contributed by atoms with E-state index in [0.717, 1.165) is 0 Å². The molecule has 0 radical (unpaired) electrons. The summed E-state index contributed by atoms with van der Waals surface area (Å²) in [7, 11) is 1.60. The van der Waals surface area contributed by atoms with Gasteiger partial charge in [-0.25, -0.2) is 4.79 Å². The van der Waals surface area contributed by atoms with Crippen molar-refractivity contribution in [3.63, 3.8) is 0 Å². The van der Waals surface area contributed by atoms with Crippen LogP contribution in [-0.4, -0.2) is 54.9 Å². The summed E-state index contributed by atoms with van der Waals surface area (Å²) in [6.45, 7) is 0.834. The smallest absolute Gasteiger partial charge is 0.337 e. The molecule has 1 aromatic rings. The highest BCUT2D eigenvalue weighted by Gasteiger charge is 2.31. The molecule has 0 aromatic carbocycles. The SMILES string of the molecule is Cc1c(C(=O)O)c([C@@H](O)[C@H](O)[C@H](O)CO)cn1C. The van der Waals surface area contributed by atoms with E-state index in [9.17, 15) is 20.1 Å². The van der Waals surface area contributed by atoms with Gasteiger partial charge in [0.2, 0.25) is 0 Å². The van der Waals surface area contributed by atoms with Crippen molar-refractivity contribution in [1.82, 2.24) is 4.57 Å². The average molecular weight is 259 g/mol. The average Bonchev–Trinajstić information content (AvgIpc) is 2.63. The van der Waals surface area contributed by atoms with Crippen molar-refractivity contribution in [2.75, 3.05) is 6.61 Å². The van der Waals surface area contributed by atoms with E-state index in [1.165, 1.54) is 10.8 Å². The van der Waals surface area contributed by atoms with E-state index in [0.29, 0.717) is 5.69 Å². The van der Waals surface area contributed by atoms with Gasteiger partial charge >= 0.3 is 5.97 Å². The summed E-state index contributed by atoms with van der Waals surface area (Å²) in [4.78, 5) is 11.1. The number of hydrogen-bond donors (Lipinski definition) is 5. The molecule has 1 rings (SSSR count). The zero-order valence-electron chi connectivity index (χ0n) is 10.1. The summed E-state index contributed by atoms with van der Waals surface area (Å²) in [5.74, 6) is -1.23. The van der Waals surface area contributed by atoms with Crippen molar-refractivity contribution in [1.29, 1.82) is 0 Å². The van der Waals surface area contributed by atoms with E-state index in [2.05, 4.69) is 0 Å². The minimum atomic E-state index is -1.66. The second-order valence-electron chi connectivity index (χ2n) is 4.15. The van der Waals surface area contributed by atoms with Crippen LogP contribution < -0.4 is 0 Å². The van der Waals surface area contributed by atoms with Gasteiger partial charge in [-0.15, -0.1) is 0 Å². The Balaban J connectivity index is 3.17. The maximum absolute atomic E-state index is 11.1. The van der Waals surface area contributed by atoms with Gasteiger partial charge < -0.3 is 30.1 Å². The minimum Gasteiger partial charge on any atom is -0.478 e. The van der Waals surface area contributed by atoms with Crippen LogP contribution in [0.4, 0.5) is 0 Å². The van der Waals surface area contributed by atoms with Gasteiger partial charge in [-0.3, -0.25) is 0 Å². The molecule has 5 N–H and O–H groups in total. The lowest BCUT2D eigenvalue weighted by Gasteiger charge is -2.21. The molecule has 7 nitrogen and oxygen atoms in total. The van der Waals surface area contributed by atoms with Crippen LogP contribution in [-0.2, 0) is 7.05 Å². The first-order valence-electron chi connectivity index (χ1n) is 5.35. The second kappa shape index (κ2) is 5.49. The topological polar surface area (TPSA) is 123 Å². The van der Waals surface area contributed by atoms with Gasteiger partial charge in [0.15, 0.2) is 0 Å². The first-order valence-corrected chi connectivity index (χ1v) is 5.35. The van der Waals surface area contributed by atoms with Crippen molar-refractivity contribution in [2.24, 2.45) is 7.05 Å². The van der Waals surface area contributed by atoms with Crippen LogP contribution in [0.15, 0.2) is 6.20 Å². The number of rotatable bonds is 5. The molecule has 3 atom stereocenters. The van der Waals surface area contributed by atoms with Crippen LogP contribution in [0.3, 0.4) is 0 Å². The van der Waals surface area contributed by atoms with Crippen LogP contribution in [0.25, 0.3) is 0 Å². The molecule has 0 unspecified atom stereocenters. The Morgan fingerprint density at radius 3 is 2.39 bits per heavy atom. The molecular formula is C11H17NO6. The van der Waals surface area contributed by atoms with Crippen LogP contribution in [0.5, 0.6) is 0 Å². The zero-order valence-corrected chi connectivity index (χ0v) is 10.1. The molecule has 1 aromatic heterocycles. The summed E-state index contributed by atoms with van der Waals surface area (Å²) >= 11 is 0. The Kier molecular flexibility index (Phi) is 4.47. The highest BCUT2D eigenvalue weighted by molar-refractivity contribution is 5.91. The molecule has 102 valence electrons. The maximum atomic E-state index is 11.1. The van der Waals surface area contributed by atoms with E-state index in [-0.39, 0.29) is 11.1 Å². The fourth-order valence-corrected chi connectivity index (χ4v) is 1.76. The van der Waals surface area contributed by atoms with Crippen molar-refractivity contribution < 1.29 is 30.3 Å². The monoisotopic (exact) mass is 259 g/mol. The third-order valence-electron chi connectivity index (χ3n) is 2.95. The number of aliphatic hydroxyl groups excluding tert-OH is 4. The molecule has 0 bridgehead atoms. The predicted molar refractivity (Wildman–Crippen MR) is 61.2 cm³/mol. The number of aromatic carboxylic acids is 1. The fourth-order valence-electron chi connectivity index (χ4n) is 1.76. The standard InChI is InChI=1S/C11H17NO6/c1-5-8(11(17)18)6(3-12(5)2)9(15)10(16)7(14)4-13/h3,7,9-10,13-16H,4H2,1-2H3,(H,17,18)/t7-,9-,10-/m1/s1. The second-order valence-corrected chi connectivity index (χ2v) is 4.15. The third kappa shape index (κ3) is 2.54. The van der Waals surface area contributed by atoms with Crippen LogP contribution in [0, 0.1) is 6.92 Å². The van der Waals surface area contributed by atoms with Crippen molar-refractivity contribution >= 4 is 5.97 Å². The van der Waals surface area contributed by atoms with E-state index in [4.69, 9.17) is 10.2 Å². The summed E-state index contributed by atoms with van der Waals surface area (Å²) in [6, 6.07) is 0. The summed E-state index contributed by atoms with van der Waals surface area (Å²) in [5, 5.41) is 46.5.